The molecule has 0 fully saturated rings. The van der Waals surface area contributed by atoms with Gasteiger partial charge in [-0.2, -0.15) is 4.31 Å². The van der Waals surface area contributed by atoms with Gasteiger partial charge in [0.25, 0.3) is 0 Å². The largest absolute Gasteiger partial charge is 0.396 e. The minimum atomic E-state index is -3.23. The van der Waals surface area contributed by atoms with Crippen molar-refractivity contribution in [2.24, 2.45) is 0 Å². The van der Waals surface area contributed by atoms with Crippen LogP contribution in [0.4, 0.5) is 0 Å². The Morgan fingerprint density at radius 3 is 2.24 bits per heavy atom. The lowest BCUT2D eigenvalue weighted by molar-refractivity contribution is 0.258. The Hall–Kier alpha value is -0.170. The van der Waals surface area contributed by atoms with Crippen LogP contribution in [-0.4, -0.2) is 55.4 Å². The zero-order valence-corrected chi connectivity index (χ0v) is 12.1. The van der Waals surface area contributed by atoms with Gasteiger partial charge in [-0.3, -0.25) is 0 Å². The van der Waals surface area contributed by atoms with Crippen molar-refractivity contribution in [3.63, 3.8) is 0 Å². The van der Waals surface area contributed by atoms with Crippen LogP contribution in [0, 0.1) is 0 Å². The second-order valence-corrected chi connectivity index (χ2v) is 6.75. The van der Waals surface area contributed by atoms with Crippen molar-refractivity contribution in [1.82, 2.24) is 9.62 Å². The normalized spacial score (nSPS) is 12.9. The minimum absolute atomic E-state index is 0.0168. The summed E-state index contributed by atoms with van der Waals surface area (Å²) in [5, 5.41) is 11.9. The van der Waals surface area contributed by atoms with E-state index in [4.69, 9.17) is 5.11 Å². The number of rotatable bonds is 9. The predicted molar refractivity (Wildman–Crippen MR) is 70.5 cm³/mol. The van der Waals surface area contributed by atoms with Crippen LogP contribution in [0.2, 0.25) is 0 Å². The topological polar surface area (TPSA) is 69.6 Å². The predicted octanol–water partition coefficient (Wildman–Crippen LogP) is 0.407. The number of aliphatic hydroxyl groups is 1. The van der Waals surface area contributed by atoms with E-state index in [9.17, 15) is 8.42 Å². The molecule has 0 aliphatic rings. The van der Waals surface area contributed by atoms with Crippen molar-refractivity contribution < 1.29 is 13.5 Å². The molecule has 5 nitrogen and oxygen atoms in total. The number of hydrogen-bond donors (Lipinski definition) is 2. The van der Waals surface area contributed by atoms with E-state index in [0.717, 1.165) is 0 Å². The third-order valence-electron chi connectivity index (χ3n) is 2.38. The molecule has 6 heteroatoms. The molecule has 0 unspecified atom stereocenters. The Morgan fingerprint density at radius 2 is 1.82 bits per heavy atom. The van der Waals surface area contributed by atoms with Gasteiger partial charge in [-0.05, 0) is 20.3 Å². The fourth-order valence-corrected chi connectivity index (χ4v) is 3.20. The molecule has 0 rings (SSSR count). The molecule has 0 aromatic rings. The van der Waals surface area contributed by atoms with Crippen LogP contribution in [0.15, 0.2) is 0 Å². The molecule has 0 saturated carbocycles. The summed E-state index contributed by atoms with van der Waals surface area (Å²) in [5.41, 5.74) is 0. The highest BCUT2D eigenvalue weighted by Gasteiger charge is 2.23. The lowest BCUT2D eigenvalue weighted by atomic mass is 10.3. The standard InChI is InChI=1S/C11H26N2O3S/c1-10(2)12-6-9-17(15,16)13(11(3)4)7-5-8-14/h10-12,14H,5-9H2,1-4H3. The lowest BCUT2D eigenvalue weighted by Crippen LogP contribution is -2.42. The molecule has 0 aromatic heterocycles. The number of sulfonamides is 1. The van der Waals surface area contributed by atoms with Crippen LogP contribution in [0.25, 0.3) is 0 Å². The average molecular weight is 266 g/mol. The van der Waals surface area contributed by atoms with E-state index in [1.165, 1.54) is 4.31 Å². The fraction of sp³-hybridized carbons (Fsp3) is 1.00. The summed E-state index contributed by atoms with van der Waals surface area (Å²) >= 11 is 0. The Morgan fingerprint density at radius 1 is 1.24 bits per heavy atom. The molecule has 0 aromatic carbocycles. The maximum absolute atomic E-state index is 12.1. The molecular weight excluding hydrogens is 240 g/mol. The summed E-state index contributed by atoms with van der Waals surface area (Å²) in [6, 6.07) is 0.223. The van der Waals surface area contributed by atoms with Gasteiger partial charge in [0.2, 0.25) is 10.0 Å². The van der Waals surface area contributed by atoms with Crippen molar-refractivity contribution in [2.75, 3.05) is 25.4 Å². The molecule has 0 radical (unpaired) electrons. The molecule has 0 aliphatic heterocycles. The van der Waals surface area contributed by atoms with Gasteiger partial charge in [-0.1, -0.05) is 13.8 Å². The zero-order valence-electron chi connectivity index (χ0n) is 11.3. The lowest BCUT2D eigenvalue weighted by Gasteiger charge is -2.25. The van der Waals surface area contributed by atoms with E-state index < -0.39 is 10.0 Å². The van der Waals surface area contributed by atoms with Crippen LogP contribution < -0.4 is 5.32 Å². The Balaban J connectivity index is 4.39. The molecule has 17 heavy (non-hydrogen) atoms. The smallest absolute Gasteiger partial charge is 0.215 e. The molecule has 2 N–H and O–H groups in total. The minimum Gasteiger partial charge on any atom is -0.396 e. The summed E-state index contributed by atoms with van der Waals surface area (Å²) in [6.45, 7) is 8.54. The van der Waals surface area contributed by atoms with Crippen molar-refractivity contribution in [3.8, 4) is 0 Å². The molecule has 0 atom stereocenters. The maximum atomic E-state index is 12.1. The Labute approximate surface area is 105 Å². The van der Waals surface area contributed by atoms with E-state index in [-0.39, 0.29) is 24.4 Å². The quantitative estimate of drug-likeness (QED) is 0.634. The van der Waals surface area contributed by atoms with Crippen LogP contribution in [0.1, 0.15) is 34.1 Å². The number of nitrogens with zero attached hydrogens (tertiary/aromatic N) is 1. The zero-order chi connectivity index (χ0) is 13.5. The van der Waals surface area contributed by atoms with Crippen molar-refractivity contribution >= 4 is 10.0 Å². The summed E-state index contributed by atoms with van der Waals surface area (Å²) in [4.78, 5) is 0. The highest BCUT2D eigenvalue weighted by atomic mass is 32.2. The van der Waals surface area contributed by atoms with Gasteiger partial charge >= 0.3 is 0 Å². The summed E-state index contributed by atoms with van der Waals surface area (Å²) < 4.78 is 25.6. The second-order valence-electron chi connectivity index (χ2n) is 4.71. The summed E-state index contributed by atoms with van der Waals surface area (Å²) in [7, 11) is -3.23. The molecule has 0 amide bonds. The molecule has 0 saturated heterocycles. The first-order valence-corrected chi connectivity index (χ1v) is 7.76. The van der Waals surface area contributed by atoms with Crippen molar-refractivity contribution in [2.45, 2.75) is 46.2 Å². The van der Waals surface area contributed by atoms with Gasteiger partial charge in [0.15, 0.2) is 0 Å². The van der Waals surface area contributed by atoms with Crippen LogP contribution in [-0.2, 0) is 10.0 Å². The highest BCUT2D eigenvalue weighted by Crippen LogP contribution is 2.08. The monoisotopic (exact) mass is 266 g/mol. The van der Waals surface area contributed by atoms with Gasteiger partial charge in [0.05, 0.1) is 5.75 Å². The van der Waals surface area contributed by atoms with E-state index in [0.29, 0.717) is 19.5 Å². The first kappa shape index (κ1) is 16.8. The molecule has 104 valence electrons. The van der Waals surface area contributed by atoms with Gasteiger partial charge in [0, 0.05) is 31.8 Å². The van der Waals surface area contributed by atoms with Crippen LogP contribution >= 0.6 is 0 Å². The molecule has 0 aliphatic carbocycles. The van der Waals surface area contributed by atoms with E-state index in [1.54, 1.807) is 0 Å². The van der Waals surface area contributed by atoms with E-state index >= 15 is 0 Å². The maximum Gasteiger partial charge on any atom is 0.215 e. The SMILES string of the molecule is CC(C)NCCS(=O)(=O)N(CCCO)C(C)C. The third-order valence-corrected chi connectivity index (χ3v) is 4.42. The van der Waals surface area contributed by atoms with Gasteiger partial charge in [-0.15, -0.1) is 0 Å². The summed E-state index contributed by atoms with van der Waals surface area (Å²) in [5.74, 6) is 0.106. The van der Waals surface area contributed by atoms with Crippen molar-refractivity contribution in [1.29, 1.82) is 0 Å². The van der Waals surface area contributed by atoms with E-state index in [2.05, 4.69) is 5.32 Å². The van der Waals surface area contributed by atoms with Gasteiger partial charge in [0.1, 0.15) is 0 Å². The van der Waals surface area contributed by atoms with Crippen LogP contribution in [0.3, 0.4) is 0 Å². The highest BCUT2D eigenvalue weighted by molar-refractivity contribution is 7.89. The van der Waals surface area contributed by atoms with Gasteiger partial charge < -0.3 is 10.4 Å². The Bertz CT molecular complexity index is 289. The molecular formula is C11H26N2O3S. The molecule has 0 spiro atoms. The number of aliphatic hydroxyl groups excluding tert-OH is 1. The third kappa shape index (κ3) is 6.98. The second kappa shape index (κ2) is 8.02. The van der Waals surface area contributed by atoms with Crippen molar-refractivity contribution in [3.05, 3.63) is 0 Å². The average Bonchev–Trinajstić information content (AvgIpc) is 2.16. The fourth-order valence-electron chi connectivity index (χ4n) is 1.54. The van der Waals surface area contributed by atoms with Crippen LogP contribution in [0.5, 0.6) is 0 Å². The number of nitrogens with one attached hydrogen (secondary N) is 1. The molecule has 0 heterocycles. The van der Waals surface area contributed by atoms with E-state index in [1.807, 2.05) is 27.7 Å². The first-order valence-electron chi connectivity index (χ1n) is 6.15. The molecule has 0 bridgehead atoms. The first-order chi connectivity index (χ1) is 7.81. The number of hydrogen-bond acceptors (Lipinski definition) is 4. The van der Waals surface area contributed by atoms with Gasteiger partial charge in [-0.25, -0.2) is 8.42 Å². The summed E-state index contributed by atoms with van der Waals surface area (Å²) in [6.07, 6.45) is 0.481. The Kier molecular flexibility index (Phi) is 7.94.